The average Bonchev–Trinajstić information content (AvgIpc) is 3.03. The number of allylic oxidation sites excluding steroid dienone is 2. The Bertz CT molecular complexity index is 605. The fraction of sp³-hybridized carbons (Fsp3) is 0.577. The molecule has 31 heavy (non-hydrogen) atoms. The van der Waals surface area contributed by atoms with Crippen molar-refractivity contribution in [1.29, 1.82) is 0 Å². The van der Waals surface area contributed by atoms with E-state index in [-0.39, 0.29) is 17.7 Å². The molecule has 0 bridgehead atoms. The molecule has 0 heterocycles. The Labute approximate surface area is 187 Å². The van der Waals surface area contributed by atoms with E-state index in [2.05, 4.69) is 5.32 Å². The van der Waals surface area contributed by atoms with Crippen molar-refractivity contribution in [3.05, 3.63) is 60.7 Å². The molecule has 1 aliphatic carbocycles. The van der Waals surface area contributed by atoms with Gasteiger partial charge in [0.25, 0.3) is 0 Å². The van der Waals surface area contributed by atoms with Gasteiger partial charge in [0.05, 0.1) is 18.3 Å². The van der Waals surface area contributed by atoms with Crippen LogP contribution in [0.3, 0.4) is 0 Å². The Kier molecular flexibility index (Phi) is 14.6. The van der Waals surface area contributed by atoms with Crippen molar-refractivity contribution >= 4 is 5.91 Å². The molecule has 0 radical (unpaired) electrons. The molecule has 2 rings (SSSR count). The maximum atomic E-state index is 11.4. The average molecular weight is 432 g/mol. The van der Waals surface area contributed by atoms with Crippen molar-refractivity contribution in [3.63, 3.8) is 0 Å². The maximum absolute atomic E-state index is 11.4. The van der Waals surface area contributed by atoms with Gasteiger partial charge in [0.2, 0.25) is 5.91 Å². The maximum Gasteiger partial charge on any atom is 0.219 e. The molecule has 174 valence electrons. The Morgan fingerprint density at radius 2 is 1.71 bits per heavy atom. The van der Waals surface area contributed by atoms with Crippen molar-refractivity contribution in [1.82, 2.24) is 5.32 Å². The zero-order valence-electron chi connectivity index (χ0n) is 19.1. The van der Waals surface area contributed by atoms with Crippen LogP contribution in [0.2, 0.25) is 0 Å². The van der Waals surface area contributed by atoms with Gasteiger partial charge >= 0.3 is 0 Å². The zero-order valence-corrected chi connectivity index (χ0v) is 19.1. The van der Waals surface area contributed by atoms with Gasteiger partial charge in [0.15, 0.2) is 0 Å². The minimum absolute atomic E-state index is 0.0280. The lowest BCUT2D eigenvalue weighted by Gasteiger charge is -2.19. The van der Waals surface area contributed by atoms with Gasteiger partial charge in [-0.2, -0.15) is 0 Å². The van der Waals surface area contributed by atoms with Gasteiger partial charge < -0.3 is 20.6 Å². The summed E-state index contributed by atoms with van der Waals surface area (Å²) < 4.78 is 0. The number of carbonyl (C=O) groups is 1. The number of carbonyl (C=O) groups excluding carboxylic acids is 1. The van der Waals surface area contributed by atoms with E-state index in [1.54, 1.807) is 6.08 Å². The fourth-order valence-corrected chi connectivity index (χ4v) is 3.78. The highest BCUT2D eigenvalue weighted by molar-refractivity contribution is 5.75. The summed E-state index contributed by atoms with van der Waals surface area (Å²) >= 11 is 0. The summed E-state index contributed by atoms with van der Waals surface area (Å²) in [5, 5.41) is 33.0. The van der Waals surface area contributed by atoms with Gasteiger partial charge in [-0.15, -0.1) is 0 Å². The summed E-state index contributed by atoms with van der Waals surface area (Å²) in [4.78, 5) is 11.4. The van der Waals surface area contributed by atoms with Crippen molar-refractivity contribution in [2.24, 2.45) is 11.8 Å². The Morgan fingerprint density at radius 3 is 2.29 bits per heavy atom. The van der Waals surface area contributed by atoms with E-state index in [0.717, 1.165) is 19.3 Å². The van der Waals surface area contributed by atoms with Gasteiger partial charge in [0, 0.05) is 25.3 Å². The number of hydrogen-bond acceptors (Lipinski definition) is 4. The predicted molar refractivity (Wildman–Crippen MR) is 126 cm³/mol. The molecule has 1 aromatic carbocycles. The third-order valence-electron chi connectivity index (χ3n) is 5.45. The molecule has 5 nitrogen and oxygen atoms in total. The van der Waals surface area contributed by atoms with Crippen LogP contribution in [0.5, 0.6) is 0 Å². The smallest absolute Gasteiger partial charge is 0.219 e. The number of aliphatic hydroxyl groups excluding tert-OH is 3. The molecular weight excluding hydrogens is 390 g/mol. The summed E-state index contributed by atoms with van der Waals surface area (Å²) in [6.45, 7) is 4.59. The van der Waals surface area contributed by atoms with E-state index < -0.39 is 18.3 Å². The summed E-state index contributed by atoms with van der Waals surface area (Å²) in [5.74, 6) is -0.0673. The molecule has 5 heteroatoms. The molecule has 4 N–H and O–H groups in total. The fourth-order valence-electron chi connectivity index (χ4n) is 3.78. The minimum atomic E-state index is -0.559. The first kappa shape index (κ1) is 27.1. The van der Waals surface area contributed by atoms with E-state index in [4.69, 9.17) is 0 Å². The predicted octanol–water partition coefficient (Wildman–Crippen LogP) is 4.00. The highest BCUT2D eigenvalue weighted by Gasteiger charge is 2.39. The van der Waals surface area contributed by atoms with Crippen molar-refractivity contribution in [2.45, 2.75) is 77.1 Å². The molecule has 5 atom stereocenters. The van der Waals surface area contributed by atoms with Crippen LogP contribution in [0.4, 0.5) is 0 Å². The van der Waals surface area contributed by atoms with Crippen LogP contribution in [0, 0.1) is 11.8 Å². The lowest BCUT2D eigenvalue weighted by atomic mass is 9.89. The SMILES string of the molecule is CCC[C@H](O)/C=C/[C@@H]1[C@@H](C/C=C\CCCC(=O)NCC)[C@@H](O)C[C@H]1O.c1ccccc1. The van der Waals surface area contributed by atoms with Crippen LogP contribution in [-0.4, -0.2) is 46.1 Å². The standard InChI is InChI=1S/C20H35NO4.C6H6/c1-3-9-15(22)12-13-17-16(18(23)14-19(17)24)10-7-5-6-8-11-20(25)21-4-2;1-2-4-6-5-3-1/h5,7,12-13,15-19,22-24H,3-4,6,8-11,14H2,1-2H3,(H,21,25);1-6H/b7-5-,13-12+;/t15-,16+,17+,18-,19+;/m0./s1. The minimum Gasteiger partial charge on any atom is -0.393 e. The number of rotatable bonds is 11. The molecule has 0 aliphatic heterocycles. The van der Waals surface area contributed by atoms with Crippen molar-refractivity contribution < 1.29 is 20.1 Å². The number of nitrogens with one attached hydrogen (secondary N) is 1. The monoisotopic (exact) mass is 431 g/mol. The van der Waals surface area contributed by atoms with Gasteiger partial charge in [-0.05, 0) is 38.5 Å². The van der Waals surface area contributed by atoms with E-state index in [1.165, 1.54) is 0 Å². The Hall–Kier alpha value is -1.95. The molecule has 1 fully saturated rings. The summed E-state index contributed by atoms with van der Waals surface area (Å²) in [6, 6.07) is 12.0. The number of unbranched alkanes of at least 4 members (excludes halogenated alkanes) is 1. The van der Waals surface area contributed by atoms with Crippen molar-refractivity contribution in [2.75, 3.05) is 6.54 Å². The molecule has 0 spiro atoms. The molecule has 0 saturated heterocycles. The number of hydrogen-bond donors (Lipinski definition) is 4. The molecule has 1 aliphatic rings. The summed E-state index contributed by atoms with van der Waals surface area (Å²) in [5.41, 5.74) is 0. The van der Waals surface area contributed by atoms with Crippen LogP contribution in [-0.2, 0) is 4.79 Å². The second-order valence-electron chi connectivity index (χ2n) is 8.06. The van der Waals surface area contributed by atoms with Crippen LogP contribution in [0.15, 0.2) is 60.7 Å². The van der Waals surface area contributed by atoms with Crippen LogP contribution >= 0.6 is 0 Å². The van der Waals surface area contributed by atoms with E-state index in [1.807, 2.05) is 68.5 Å². The van der Waals surface area contributed by atoms with E-state index >= 15 is 0 Å². The lowest BCUT2D eigenvalue weighted by Crippen LogP contribution is -2.21. The molecular formula is C26H41NO4. The third kappa shape index (κ3) is 11.9. The highest BCUT2D eigenvalue weighted by atomic mass is 16.3. The Morgan fingerprint density at radius 1 is 1.06 bits per heavy atom. The van der Waals surface area contributed by atoms with E-state index in [9.17, 15) is 20.1 Å². The molecule has 0 unspecified atom stereocenters. The topological polar surface area (TPSA) is 89.8 Å². The van der Waals surface area contributed by atoms with E-state index in [0.29, 0.717) is 32.2 Å². The summed E-state index contributed by atoms with van der Waals surface area (Å²) in [7, 11) is 0. The normalized spacial score (nSPS) is 24.2. The van der Waals surface area contributed by atoms with Crippen molar-refractivity contribution in [3.8, 4) is 0 Å². The van der Waals surface area contributed by atoms with Crippen LogP contribution in [0.1, 0.15) is 58.8 Å². The van der Waals surface area contributed by atoms with Gasteiger partial charge in [0.1, 0.15) is 0 Å². The first-order valence-corrected chi connectivity index (χ1v) is 11.6. The zero-order chi connectivity index (χ0) is 22.9. The second kappa shape index (κ2) is 16.7. The lowest BCUT2D eigenvalue weighted by molar-refractivity contribution is -0.121. The van der Waals surface area contributed by atoms with Gasteiger partial charge in [-0.3, -0.25) is 4.79 Å². The second-order valence-corrected chi connectivity index (χ2v) is 8.06. The largest absolute Gasteiger partial charge is 0.393 e. The third-order valence-corrected chi connectivity index (χ3v) is 5.45. The van der Waals surface area contributed by atoms with Gasteiger partial charge in [-0.1, -0.05) is 74.0 Å². The van der Waals surface area contributed by atoms with Gasteiger partial charge in [-0.25, -0.2) is 0 Å². The molecule has 0 aromatic heterocycles. The first-order chi connectivity index (χ1) is 15.0. The summed E-state index contributed by atoms with van der Waals surface area (Å²) in [6.07, 6.45) is 11.0. The quantitative estimate of drug-likeness (QED) is 0.315. The first-order valence-electron chi connectivity index (χ1n) is 11.6. The molecule has 1 amide bonds. The van der Waals surface area contributed by atoms with Crippen LogP contribution in [0.25, 0.3) is 0 Å². The Balaban J connectivity index is 0.000000683. The number of benzene rings is 1. The number of amides is 1. The molecule has 1 saturated carbocycles. The van der Waals surface area contributed by atoms with Crippen LogP contribution < -0.4 is 5.32 Å². The number of aliphatic hydroxyl groups is 3. The molecule has 1 aromatic rings. The highest BCUT2D eigenvalue weighted by Crippen LogP contribution is 2.36.